The van der Waals surface area contributed by atoms with Crippen LogP contribution in [0.1, 0.15) is 11.1 Å². The first-order valence-electron chi connectivity index (χ1n) is 5.67. The van der Waals surface area contributed by atoms with Crippen LogP contribution < -0.4 is 10.0 Å². The van der Waals surface area contributed by atoms with Crippen LogP contribution in [-0.4, -0.2) is 34.7 Å². The Balaban J connectivity index is 2.45. The van der Waals surface area contributed by atoms with E-state index in [4.69, 9.17) is 5.73 Å². The molecule has 1 aliphatic rings. The number of sulfonamides is 1. The molecule has 2 N–H and O–H groups in total. The molecule has 1 aliphatic heterocycles. The van der Waals surface area contributed by atoms with Crippen LogP contribution in [0, 0.1) is 6.92 Å². The summed E-state index contributed by atoms with van der Waals surface area (Å²) in [6.45, 7) is 2.11. The molecule has 0 atom stereocenters. The van der Waals surface area contributed by atoms with E-state index in [1.807, 2.05) is 13.0 Å². The Bertz CT molecular complexity index is 723. The third kappa shape index (κ3) is 2.84. The normalized spacial score (nSPS) is 15.6. The first kappa shape index (κ1) is 14.1. The van der Waals surface area contributed by atoms with Gasteiger partial charge < -0.3 is 5.73 Å². The Hall–Kier alpha value is -1.28. The molecule has 0 saturated carbocycles. The molecular weight excluding hydrogens is 288 g/mol. The highest BCUT2D eigenvalue weighted by atomic mass is 32.3. The van der Waals surface area contributed by atoms with Gasteiger partial charge >= 0.3 is 0 Å². The minimum absolute atomic E-state index is 0.260. The summed E-state index contributed by atoms with van der Waals surface area (Å²) >= 11 is 0. The van der Waals surface area contributed by atoms with Crippen molar-refractivity contribution in [1.29, 1.82) is 0 Å². The van der Waals surface area contributed by atoms with E-state index >= 15 is 0 Å². The van der Waals surface area contributed by atoms with Crippen molar-refractivity contribution in [2.45, 2.75) is 13.3 Å². The molecule has 6 nitrogen and oxygen atoms in total. The Morgan fingerprint density at radius 3 is 2.47 bits per heavy atom. The van der Waals surface area contributed by atoms with E-state index in [1.54, 1.807) is 6.07 Å². The predicted molar refractivity (Wildman–Crippen MR) is 75.3 cm³/mol. The first-order valence-corrected chi connectivity index (χ1v) is 9.34. The Labute approximate surface area is 113 Å². The lowest BCUT2D eigenvalue weighted by atomic mass is 10.1. The van der Waals surface area contributed by atoms with Gasteiger partial charge in [-0.15, -0.1) is 0 Å². The van der Waals surface area contributed by atoms with Crippen molar-refractivity contribution in [2.24, 2.45) is 0 Å². The maximum Gasteiger partial charge on any atom is 0.249 e. The van der Waals surface area contributed by atoms with E-state index < -0.39 is 24.9 Å². The van der Waals surface area contributed by atoms with Gasteiger partial charge in [0, 0.05) is 18.5 Å². The summed E-state index contributed by atoms with van der Waals surface area (Å²) in [6, 6.07) is 3.44. The second-order valence-corrected chi connectivity index (χ2v) is 9.21. The van der Waals surface area contributed by atoms with Crippen molar-refractivity contribution in [3.05, 3.63) is 23.3 Å². The molecule has 1 aromatic rings. The molecule has 0 aromatic heterocycles. The minimum atomic E-state index is -3.87. The molecule has 0 amide bonds. The van der Waals surface area contributed by atoms with Crippen molar-refractivity contribution in [3.63, 3.8) is 0 Å². The number of aryl methyl sites for hydroxylation is 1. The number of rotatable bonds is 3. The average Bonchev–Trinajstić information content (AvgIpc) is 2.58. The number of nitrogen functional groups attached to an aromatic ring is 1. The summed E-state index contributed by atoms with van der Waals surface area (Å²) < 4.78 is 47.8. The van der Waals surface area contributed by atoms with Crippen LogP contribution in [0.25, 0.3) is 0 Å². The Morgan fingerprint density at radius 2 is 1.89 bits per heavy atom. The molecule has 19 heavy (non-hydrogen) atoms. The molecule has 2 rings (SSSR count). The lowest BCUT2D eigenvalue weighted by Crippen LogP contribution is -2.33. The number of sulfone groups is 1. The highest BCUT2D eigenvalue weighted by Gasteiger charge is 2.32. The molecule has 1 heterocycles. The maximum atomic E-state index is 12.1. The Morgan fingerprint density at radius 1 is 1.26 bits per heavy atom. The fourth-order valence-corrected chi connectivity index (χ4v) is 5.68. The number of nitrogens with zero attached hydrogens (tertiary/aromatic N) is 1. The van der Waals surface area contributed by atoms with Crippen molar-refractivity contribution in [1.82, 2.24) is 0 Å². The third-order valence-electron chi connectivity index (χ3n) is 3.02. The van der Waals surface area contributed by atoms with E-state index in [-0.39, 0.29) is 6.54 Å². The number of anilines is 2. The molecule has 0 saturated heterocycles. The second-order valence-electron chi connectivity index (χ2n) is 4.82. The lowest BCUT2D eigenvalue weighted by Gasteiger charge is -2.19. The summed E-state index contributed by atoms with van der Waals surface area (Å²) in [5.41, 5.74) is 8.55. The fourth-order valence-electron chi connectivity index (χ4n) is 2.17. The zero-order chi connectivity index (χ0) is 14.4. The minimum Gasteiger partial charge on any atom is -0.398 e. The summed E-state index contributed by atoms with van der Waals surface area (Å²) in [4.78, 5) is 0. The molecule has 0 spiro atoms. The zero-order valence-electron chi connectivity index (χ0n) is 10.8. The van der Waals surface area contributed by atoms with Gasteiger partial charge in [-0.3, -0.25) is 4.31 Å². The van der Waals surface area contributed by atoms with Crippen LogP contribution in [0.3, 0.4) is 0 Å². The quantitative estimate of drug-likeness (QED) is 0.808. The molecule has 0 aliphatic carbocycles. The van der Waals surface area contributed by atoms with Crippen molar-refractivity contribution in [2.75, 3.05) is 27.9 Å². The van der Waals surface area contributed by atoms with Gasteiger partial charge in [-0.1, -0.05) is 6.07 Å². The van der Waals surface area contributed by atoms with Gasteiger partial charge in [0.2, 0.25) is 10.0 Å². The van der Waals surface area contributed by atoms with Gasteiger partial charge in [-0.2, -0.15) is 0 Å². The number of hydrogen-bond donors (Lipinski definition) is 1. The molecule has 1 aromatic carbocycles. The standard InChI is InChI=1S/C11H16N2O4S2/c1-8-5-9-3-4-13(11(9)6-10(8)12)19(16,17)7-18(2,14)15/h5-6H,3-4,7,12H2,1-2H3. The number of nitrogens with two attached hydrogens (primary N) is 1. The van der Waals surface area contributed by atoms with Gasteiger partial charge in [-0.05, 0) is 30.5 Å². The van der Waals surface area contributed by atoms with Crippen molar-refractivity contribution in [3.8, 4) is 0 Å². The summed E-state index contributed by atoms with van der Waals surface area (Å²) in [5.74, 6) is 0. The van der Waals surface area contributed by atoms with E-state index in [0.717, 1.165) is 21.7 Å². The predicted octanol–water partition coefficient (Wildman–Crippen LogP) is 0.272. The van der Waals surface area contributed by atoms with Crippen LogP contribution in [0.5, 0.6) is 0 Å². The van der Waals surface area contributed by atoms with Gasteiger partial charge in [0.1, 0.15) is 0 Å². The summed E-state index contributed by atoms with van der Waals surface area (Å²) in [6.07, 6.45) is 1.48. The fraction of sp³-hybridized carbons (Fsp3) is 0.455. The maximum absolute atomic E-state index is 12.1. The van der Waals surface area contributed by atoms with E-state index in [2.05, 4.69) is 0 Å². The van der Waals surface area contributed by atoms with Crippen LogP contribution in [0.4, 0.5) is 11.4 Å². The molecule has 0 radical (unpaired) electrons. The topological polar surface area (TPSA) is 97.5 Å². The SMILES string of the molecule is Cc1cc2c(cc1N)N(S(=O)(=O)CS(C)(=O)=O)CC2. The average molecular weight is 304 g/mol. The molecule has 0 unspecified atom stereocenters. The zero-order valence-corrected chi connectivity index (χ0v) is 12.4. The second kappa shape index (κ2) is 4.38. The van der Waals surface area contributed by atoms with E-state index in [1.165, 1.54) is 0 Å². The molecule has 106 valence electrons. The Kier molecular flexibility index (Phi) is 3.26. The highest BCUT2D eigenvalue weighted by Crippen LogP contribution is 2.34. The number of benzene rings is 1. The highest BCUT2D eigenvalue weighted by molar-refractivity contribution is 8.08. The van der Waals surface area contributed by atoms with E-state index in [0.29, 0.717) is 17.8 Å². The van der Waals surface area contributed by atoms with Crippen LogP contribution >= 0.6 is 0 Å². The monoisotopic (exact) mass is 304 g/mol. The molecule has 0 fully saturated rings. The van der Waals surface area contributed by atoms with Crippen LogP contribution in [-0.2, 0) is 26.3 Å². The van der Waals surface area contributed by atoms with Crippen molar-refractivity contribution >= 4 is 31.2 Å². The van der Waals surface area contributed by atoms with Crippen LogP contribution in [0.2, 0.25) is 0 Å². The molecule has 0 bridgehead atoms. The summed E-state index contributed by atoms with van der Waals surface area (Å²) in [5, 5.41) is -0.882. The van der Waals surface area contributed by atoms with E-state index in [9.17, 15) is 16.8 Å². The van der Waals surface area contributed by atoms with Crippen LogP contribution in [0.15, 0.2) is 12.1 Å². The van der Waals surface area contributed by atoms with Gasteiger partial charge in [0.25, 0.3) is 0 Å². The molecule has 8 heteroatoms. The third-order valence-corrected chi connectivity index (χ3v) is 6.97. The first-order chi connectivity index (χ1) is 8.60. The number of fused-ring (bicyclic) bond motifs is 1. The number of hydrogen-bond acceptors (Lipinski definition) is 5. The molecular formula is C11H16N2O4S2. The van der Waals surface area contributed by atoms with Gasteiger partial charge in [0.05, 0.1) is 5.69 Å². The lowest BCUT2D eigenvalue weighted by molar-refractivity contribution is 0.589. The van der Waals surface area contributed by atoms with Gasteiger partial charge in [0.15, 0.2) is 14.9 Å². The largest absolute Gasteiger partial charge is 0.398 e. The van der Waals surface area contributed by atoms with Crippen molar-refractivity contribution < 1.29 is 16.8 Å². The van der Waals surface area contributed by atoms with Gasteiger partial charge in [-0.25, -0.2) is 16.8 Å². The summed E-state index contributed by atoms with van der Waals surface area (Å²) in [7, 11) is -7.47. The smallest absolute Gasteiger partial charge is 0.249 e.